The highest BCUT2D eigenvalue weighted by atomic mass is 35.5. The van der Waals surface area contributed by atoms with Crippen LogP contribution in [0.3, 0.4) is 0 Å². The second kappa shape index (κ2) is 8.45. The third-order valence-corrected chi connectivity index (χ3v) is 5.76. The van der Waals surface area contributed by atoms with Crippen LogP contribution in [0.15, 0.2) is 0 Å². The predicted octanol–water partition coefficient (Wildman–Crippen LogP) is 1.91. The Bertz CT molecular complexity index is 337. The van der Waals surface area contributed by atoms with E-state index in [4.69, 9.17) is 0 Å². The van der Waals surface area contributed by atoms with E-state index in [-0.39, 0.29) is 12.4 Å². The minimum Gasteiger partial charge on any atom is -0.316 e. The highest BCUT2D eigenvalue weighted by molar-refractivity contribution is 7.89. The zero-order valence-corrected chi connectivity index (χ0v) is 13.2. The predicted molar refractivity (Wildman–Crippen MR) is 81.2 cm³/mol. The molecule has 114 valence electrons. The largest absolute Gasteiger partial charge is 0.316 e. The maximum atomic E-state index is 11.9. The van der Waals surface area contributed by atoms with Crippen LogP contribution < -0.4 is 10.0 Å². The van der Waals surface area contributed by atoms with Crippen LogP contribution in [-0.2, 0) is 10.0 Å². The minimum absolute atomic E-state index is 0. The molecule has 0 aromatic carbocycles. The van der Waals surface area contributed by atoms with E-state index in [1.54, 1.807) is 0 Å². The summed E-state index contributed by atoms with van der Waals surface area (Å²) in [6.45, 7) is 2.77. The maximum absolute atomic E-state index is 11.9. The molecule has 1 heterocycles. The van der Waals surface area contributed by atoms with Gasteiger partial charge in [-0.1, -0.05) is 12.8 Å². The molecule has 0 radical (unpaired) electrons. The van der Waals surface area contributed by atoms with E-state index in [9.17, 15) is 8.42 Å². The van der Waals surface area contributed by atoms with Crippen molar-refractivity contribution in [3.63, 3.8) is 0 Å². The van der Waals surface area contributed by atoms with Gasteiger partial charge in [-0.05, 0) is 57.0 Å². The Morgan fingerprint density at radius 3 is 2.37 bits per heavy atom. The number of piperidine rings is 1. The Balaban J connectivity index is 0.00000180. The van der Waals surface area contributed by atoms with Gasteiger partial charge in [0.05, 0.1) is 5.75 Å². The van der Waals surface area contributed by atoms with Gasteiger partial charge in [0.15, 0.2) is 0 Å². The Kier molecular flexibility index (Phi) is 7.65. The molecule has 1 saturated carbocycles. The van der Waals surface area contributed by atoms with Crippen LogP contribution in [-0.4, -0.2) is 33.8 Å². The molecule has 6 heteroatoms. The first kappa shape index (κ1) is 17.2. The molecule has 0 aromatic heterocycles. The van der Waals surface area contributed by atoms with Crippen LogP contribution in [0.2, 0.25) is 0 Å². The SMILES string of the molecule is Cl.O=S(=O)(CC1CCCC1)NCCC1CCCNC1. The molecule has 2 rings (SSSR count). The zero-order valence-electron chi connectivity index (χ0n) is 11.6. The van der Waals surface area contributed by atoms with Gasteiger partial charge >= 0.3 is 0 Å². The number of hydrogen-bond acceptors (Lipinski definition) is 3. The van der Waals surface area contributed by atoms with Crippen molar-refractivity contribution in [2.75, 3.05) is 25.4 Å². The van der Waals surface area contributed by atoms with Crippen molar-refractivity contribution in [1.29, 1.82) is 0 Å². The molecule has 2 aliphatic rings. The fourth-order valence-corrected chi connectivity index (χ4v) is 4.64. The quantitative estimate of drug-likeness (QED) is 0.788. The number of halogens is 1. The lowest BCUT2D eigenvalue weighted by Crippen LogP contribution is -2.34. The van der Waals surface area contributed by atoms with Crippen LogP contribution in [0.4, 0.5) is 0 Å². The Morgan fingerprint density at radius 2 is 1.74 bits per heavy atom. The summed E-state index contributed by atoms with van der Waals surface area (Å²) in [5.74, 6) is 1.39. The molecule has 1 unspecified atom stereocenters. The Morgan fingerprint density at radius 1 is 1.05 bits per heavy atom. The molecule has 1 aliphatic heterocycles. The molecule has 2 N–H and O–H groups in total. The molecular weight excluding hydrogens is 284 g/mol. The standard InChI is InChI=1S/C13H26N2O2S.ClH/c16-18(17,11-13-4-1-2-5-13)15-9-7-12-6-3-8-14-10-12;/h12-15H,1-11H2;1H. The average Bonchev–Trinajstić information content (AvgIpc) is 2.82. The van der Waals surface area contributed by atoms with E-state index in [1.807, 2.05) is 0 Å². The van der Waals surface area contributed by atoms with Gasteiger partial charge in [0.25, 0.3) is 0 Å². The van der Waals surface area contributed by atoms with E-state index in [1.165, 1.54) is 25.7 Å². The molecule has 2 fully saturated rings. The number of rotatable bonds is 6. The first-order chi connectivity index (χ1) is 8.66. The van der Waals surface area contributed by atoms with Crippen LogP contribution in [0.5, 0.6) is 0 Å². The summed E-state index contributed by atoms with van der Waals surface area (Å²) < 4.78 is 26.6. The number of sulfonamides is 1. The molecule has 0 amide bonds. The van der Waals surface area contributed by atoms with Crippen LogP contribution in [0, 0.1) is 11.8 Å². The van der Waals surface area contributed by atoms with E-state index in [0.717, 1.165) is 32.4 Å². The maximum Gasteiger partial charge on any atom is 0.211 e. The lowest BCUT2D eigenvalue weighted by molar-refractivity contribution is 0.358. The summed E-state index contributed by atoms with van der Waals surface area (Å²) in [6.07, 6.45) is 8.01. The third-order valence-electron chi connectivity index (χ3n) is 4.20. The van der Waals surface area contributed by atoms with Gasteiger partial charge < -0.3 is 5.32 Å². The topological polar surface area (TPSA) is 58.2 Å². The number of hydrogen-bond donors (Lipinski definition) is 2. The summed E-state index contributed by atoms with van der Waals surface area (Å²) in [7, 11) is -3.04. The van der Waals surface area contributed by atoms with E-state index in [2.05, 4.69) is 10.0 Å². The molecule has 4 nitrogen and oxygen atoms in total. The van der Waals surface area contributed by atoms with Crippen molar-refractivity contribution in [3.8, 4) is 0 Å². The third kappa shape index (κ3) is 6.43. The summed E-state index contributed by atoms with van der Waals surface area (Å²) in [5.41, 5.74) is 0. The van der Waals surface area contributed by atoms with Crippen molar-refractivity contribution in [3.05, 3.63) is 0 Å². The first-order valence-electron chi connectivity index (χ1n) is 7.34. The van der Waals surface area contributed by atoms with Crippen LogP contribution >= 0.6 is 12.4 Å². The lowest BCUT2D eigenvalue weighted by Gasteiger charge is -2.22. The Labute approximate surface area is 123 Å². The van der Waals surface area contributed by atoms with E-state index < -0.39 is 10.0 Å². The number of nitrogens with one attached hydrogen (secondary N) is 2. The van der Waals surface area contributed by atoms with Gasteiger partial charge in [-0.3, -0.25) is 0 Å². The van der Waals surface area contributed by atoms with E-state index in [0.29, 0.717) is 24.1 Å². The molecule has 19 heavy (non-hydrogen) atoms. The fraction of sp³-hybridized carbons (Fsp3) is 1.00. The smallest absolute Gasteiger partial charge is 0.211 e. The molecule has 0 bridgehead atoms. The monoisotopic (exact) mass is 310 g/mol. The lowest BCUT2D eigenvalue weighted by atomic mass is 9.96. The zero-order chi connectivity index (χ0) is 12.8. The summed E-state index contributed by atoms with van der Waals surface area (Å²) in [4.78, 5) is 0. The summed E-state index contributed by atoms with van der Waals surface area (Å²) in [6, 6.07) is 0. The summed E-state index contributed by atoms with van der Waals surface area (Å²) in [5, 5.41) is 3.36. The van der Waals surface area contributed by atoms with Crippen molar-refractivity contribution >= 4 is 22.4 Å². The van der Waals surface area contributed by atoms with Gasteiger partial charge in [0.1, 0.15) is 0 Å². The fourth-order valence-electron chi connectivity index (χ4n) is 3.14. The van der Waals surface area contributed by atoms with Crippen LogP contribution in [0.1, 0.15) is 44.9 Å². The summed E-state index contributed by atoms with van der Waals surface area (Å²) >= 11 is 0. The van der Waals surface area contributed by atoms with Gasteiger partial charge in [-0.25, -0.2) is 13.1 Å². The van der Waals surface area contributed by atoms with E-state index >= 15 is 0 Å². The molecule has 0 spiro atoms. The van der Waals surface area contributed by atoms with Crippen LogP contribution in [0.25, 0.3) is 0 Å². The minimum atomic E-state index is -3.04. The second-order valence-corrected chi connectivity index (χ2v) is 7.68. The van der Waals surface area contributed by atoms with Gasteiger partial charge in [-0.15, -0.1) is 12.4 Å². The normalized spacial score (nSPS) is 25.2. The first-order valence-corrected chi connectivity index (χ1v) is 8.99. The van der Waals surface area contributed by atoms with Crippen molar-refractivity contribution in [1.82, 2.24) is 10.0 Å². The van der Waals surface area contributed by atoms with Crippen molar-refractivity contribution in [2.24, 2.45) is 11.8 Å². The van der Waals surface area contributed by atoms with Gasteiger partial charge in [0, 0.05) is 6.54 Å². The van der Waals surface area contributed by atoms with Crippen molar-refractivity contribution in [2.45, 2.75) is 44.9 Å². The second-order valence-electron chi connectivity index (χ2n) is 5.83. The molecule has 0 aromatic rings. The van der Waals surface area contributed by atoms with Gasteiger partial charge in [-0.2, -0.15) is 0 Å². The van der Waals surface area contributed by atoms with Gasteiger partial charge in [0.2, 0.25) is 10.0 Å². The highest BCUT2D eigenvalue weighted by Crippen LogP contribution is 2.25. The molecule has 1 atom stereocenters. The van der Waals surface area contributed by atoms with Crippen molar-refractivity contribution < 1.29 is 8.42 Å². The average molecular weight is 311 g/mol. The highest BCUT2D eigenvalue weighted by Gasteiger charge is 2.22. The molecule has 1 aliphatic carbocycles. The molecular formula is C13H27ClN2O2S. The molecule has 1 saturated heterocycles. The Hall–Kier alpha value is 0.160.